The summed E-state index contributed by atoms with van der Waals surface area (Å²) in [6, 6.07) is 17.6. The van der Waals surface area contributed by atoms with Gasteiger partial charge in [-0.3, -0.25) is 29.1 Å². The number of ketones is 2. The van der Waals surface area contributed by atoms with Gasteiger partial charge in [-0.15, -0.1) is 0 Å². The number of hydrogen-bond acceptors (Lipinski definition) is 6. The number of carbonyl (C=O) groups excluding carboxylic acids is 2. The molecule has 0 radical (unpaired) electrons. The van der Waals surface area contributed by atoms with Gasteiger partial charge >= 0.3 is 11.4 Å². The Morgan fingerprint density at radius 3 is 1.30 bits per heavy atom. The summed E-state index contributed by atoms with van der Waals surface area (Å²) in [5, 5.41) is 0. The Bertz CT molecular complexity index is 1690. The highest BCUT2D eigenvalue weighted by Gasteiger charge is 2.11. The molecule has 0 bridgehead atoms. The zero-order valence-electron chi connectivity index (χ0n) is 22.1. The SMILES string of the molecule is Cn1c(CC(=O)Cc2ccc(/C=C/c3ccc(CC(=O)Cc4cc(=O)[nH]c(=O)n4C)cc3)cc2)cc(=O)[nH]c1=O. The lowest BCUT2D eigenvalue weighted by Crippen LogP contribution is -2.31. The predicted octanol–water partition coefficient (Wildman–Crippen LogP) is 1.34. The van der Waals surface area contributed by atoms with Gasteiger partial charge in [-0.25, -0.2) is 9.59 Å². The van der Waals surface area contributed by atoms with Crippen molar-refractivity contribution in [3.05, 3.63) is 136 Å². The fourth-order valence-electron chi connectivity index (χ4n) is 4.22. The van der Waals surface area contributed by atoms with Crippen LogP contribution in [0.25, 0.3) is 12.2 Å². The van der Waals surface area contributed by atoms with Crippen molar-refractivity contribution < 1.29 is 9.59 Å². The van der Waals surface area contributed by atoms with Gasteiger partial charge in [0.1, 0.15) is 11.6 Å². The molecule has 0 aliphatic carbocycles. The van der Waals surface area contributed by atoms with E-state index >= 15 is 0 Å². The Kier molecular flexibility index (Phi) is 8.48. The van der Waals surface area contributed by atoms with Crippen LogP contribution in [0.2, 0.25) is 0 Å². The number of carbonyl (C=O) groups is 2. The van der Waals surface area contributed by atoms with Crippen LogP contribution in [0.4, 0.5) is 0 Å². The molecule has 0 unspecified atom stereocenters. The minimum Gasteiger partial charge on any atom is -0.300 e. The van der Waals surface area contributed by atoms with Gasteiger partial charge in [-0.1, -0.05) is 60.7 Å². The first kappa shape index (κ1) is 27.9. The molecule has 4 aromatic rings. The standard InChI is InChI=1S/C30H28N4O6/c1-33-23(17-27(37)31-29(33)39)15-25(35)13-21-9-5-19(6-10-21)3-4-20-7-11-22(12-8-20)14-26(36)16-24-18-28(38)32-30(40)34(24)2/h3-12,17-18H,13-16H2,1-2H3,(H,31,37,39)(H,32,38,40)/b4-3+. The van der Waals surface area contributed by atoms with E-state index in [1.54, 1.807) is 0 Å². The molecule has 4 rings (SSSR count). The van der Waals surface area contributed by atoms with Crippen molar-refractivity contribution in [2.75, 3.05) is 0 Å². The van der Waals surface area contributed by atoms with E-state index in [1.165, 1.54) is 35.4 Å². The van der Waals surface area contributed by atoms with Crippen molar-refractivity contribution in [1.29, 1.82) is 0 Å². The first-order valence-electron chi connectivity index (χ1n) is 12.6. The van der Waals surface area contributed by atoms with Crippen molar-refractivity contribution in [2.45, 2.75) is 25.7 Å². The predicted molar refractivity (Wildman–Crippen MR) is 151 cm³/mol. The average Bonchev–Trinajstić information content (AvgIpc) is 2.90. The molecule has 0 atom stereocenters. The topological polar surface area (TPSA) is 144 Å². The Morgan fingerprint density at radius 2 is 0.950 bits per heavy atom. The number of hydrogen-bond donors (Lipinski definition) is 2. The molecule has 0 fully saturated rings. The summed E-state index contributed by atoms with van der Waals surface area (Å²) in [5.74, 6) is -0.215. The minimum absolute atomic E-state index is 0.00928. The van der Waals surface area contributed by atoms with Gasteiger partial charge in [-0.05, 0) is 22.3 Å². The molecule has 2 heterocycles. The van der Waals surface area contributed by atoms with E-state index in [1.807, 2.05) is 60.7 Å². The third kappa shape index (κ3) is 7.25. The van der Waals surface area contributed by atoms with Crippen LogP contribution in [-0.4, -0.2) is 30.7 Å². The van der Waals surface area contributed by atoms with Crippen LogP contribution in [0.15, 0.2) is 79.8 Å². The van der Waals surface area contributed by atoms with Crippen molar-refractivity contribution in [1.82, 2.24) is 19.1 Å². The van der Waals surface area contributed by atoms with Crippen molar-refractivity contribution in [2.24, 2.45) is 14.1 Å². The van der Waals surface area contributed by atoms with Crippen molar-refractivity contribution in [3.8, 4) is 0 Å². The third-order valence-electron chi connectivity index (χ3n) is 6.51. The van der Waals surface area contributed by atoms with Gasteiger partial charge in [0.2, 0.25) is 0 Å². The quantitative estimate of drug-likeness (QED) is 0.291. The average molecular weight is 541 g/mol. The molecule has 2 N–H and O–H groups in total. The van der Waals surface area contributed by atoms with Gasteiger partial charge in [0, 0.05) is 63.3 Å². The molecule has 40 heavy (non-hydrogen) atoms. The Hall–Kier alpha value is -5.12. The fraction of sp³-hybridized carbons (Fsp3) is 0.200. The summed E-state index contributed by atoms with van der Waals surface area (Å²) in [6.45, 7) is 0. The summed E-state index contributed by atoms with van der Waals surface area (Å²) in [5.41, 5.74) is 2.12. The lowest BCUT2D eigenvalue weighted by Gasteiger charge is -2.07. The first-order valence-corrected chi connectivity index (χ1v) is 12.6. The molecule has 10 nitrogen and oxygen atoms in total. The normalized spacial score (nSPS) is 11.2. The molecular formula is C30H28N4O6. The van der Waals surface area contributed by atoms with E-state index in [2.05, 4.69) is 9.97 Å². The van der Waals surface area contributed by atoms with Gasteiger partial charge in [0.25, 0.3) is 11.1 Å². The Balaban J connectivity index is 1.31. The number of aromatic amines is 2. The van der Waals surface area contributed by atoms with Crippen molar-refractivity contribution in [3.63, 3.8) is 0 Å². The molecule has 0 saturated heterocycles. The highest BCUT2D eigenvalue weighted by atomic mass is 16.2. The molecule has 10 heteroatoms. The van der Waals surface area contributed by atoms with E-state index in [-0.39, 0.29) is 37.2 Å². The minimum atomic E-state index is -0.550. The van der Waals surface area contributed by atoms with Crippen molar-refractivity contribution >= 4 is 23.7 Å². The number of benzene rings is 2. The van der Waals surface area contributed by atoms with Gasteiger partial charge in [0.05, 0.1) is 0 Å². The first-order chi connectivity index (χ1) is 19.1. The van der Waals surface area contributed by atoms with Crippen LogP contribution in [0.3, 0.4) is 0 Å². The number of aromatic nitrogens is 4. The zero-order chi connectivity index (χ0) is 28.8. The van der Waals surface area contributed by atoms with E-state index in [0.717, 1.165) is 22.3 Å². The van der Waals surface area contributed by atoms with Crippen LogP contribution in [0, 0.1) is 0 Å². The third-order valence-corrected chi connectivity index (χ3v) is 6.51. The highest BCUT2D eigenvalue weighted by Crippen LogP contribution is 2.13. The van der Waals surface area contributed by atoms with Crippen LogP contribution in [0.1, 0.15) is 33.6 Å². The number of Topliss-reactive ketones (excluding diaryl/α,β-unsaturated/α-hetero) is 2. The lowest BCUT2D eigenvalue weighted by molar-refractivity contribution is -0.118. The number of rotatable bonds is 10. The van der Waals surface area contributed by atoms with Gasteiger partial charge in [-0.2, -0.15) is 0 Å². The summed E-state index contributed by atoms with van der Waals surface area (Å²) in [7, 11) is 3.02. The molecule has 204 valence electrons. The monoisotopic (exact) mass is 540 g/mol. The van der Waals surface area contributed by atoms with Gasteiger partial charge in [0.15, 0.2) is 0 Å². The Labute approximate surface area is 228 Å². The smallest absolute Gasteiger partial charge is 0.300 e. The summed E-state index contributed by atoms with van der Waals surface area (Å²) in [4.78, 5) is 75.8. The second-order valence-electron chi connectivity index (χ2n) is 9.58. The van der Waals surface area contributed by atoms with Crippen LogP contribution in [-0.2, 0) is 49.4 Å². The largest absolute Gasteiger partial charge is 0.328 e. The van der Waals surface area contributed by atoms with E-state index < -0.39 is 22.5 Å². The molecule has 0 aliphatic rings. The maximum Gasteiger partial charge on any atom is 0.328 e. The molecule has 2 aromatic heterocycles. The molecular weight excluding hydrogens is 512 g/mol. The maximum atomic E-state index is 12.5. The number of H-pyrrole nitrogens is 2. The number of nitrogens with one attached hydrogen (secondary N) is 2. The number of nitrogens with zero attached hydrogens (tertiary/aromatic N) is 2. The second-order valence-corrected chi connectivity index (χ2v) is 9.58. The summed E-state index contributed by atoms with van der Waals surface area (Å²) in [6.07, 6.45) is 4.22. The lowest BCUT2D eigenvalue weighted by atomic mass is 10.0. The highest BCUT2D eigenvalue weighted by molar-refractivity contribution is 5.83. The molecule has 0 aliphatic heterocycles. The van der Waals surface area contributed by atoms with Crippen LogP contribution >= 0.6 is 0 Å². The molecule has 0 saturated carbocycles. The van der Waals surface area contributed by atoms with Crippen LogP contribution < -0.4 is 22.5 Å². The zero-order valence-corrected chi connectivity index (χ0v) is 22.1. The van der Waals surface area contributed by atoms with E-state index in [9.17, 15) is 28.8 Å². The fourth-order valence-corrected chi connectivity index (χ4v) is 4.22. The second kappa shape index (κ2) is 12.2. The summed E-state index contributed by atoms with van der Waals surface area (Å²) >= 11 is 0. The summed E-state index contributed by atoms with van der Waals surface area (Å²) < 4.78 is 2.52. The maximum absolute atomic E-state index is 12.5. The van der Waals surface area contributed by atoms with E-state index in [4.69, 9.17) is 0 Å². The molecule has 2 aromatic carbocycles. The molecule has 0 amide bonds. The van der Waals surface area contributed by atoms with E-state index in [0.29, 0.717) is 11.4 Å². The van der Waals surface area contributed by atoms with Gasteiger partial charge < -0.3 is 9.13 Å². The van der Waals surface area contributed by atoms with Crippen LogP contribution in [0.5, 0.6) is 0 Å². The molecule has 0 spiro atoms. The Morgan fingerprint density at radius 1 is 0.600 bits per heavy atom.